The molecule has 1 aromatic carbocycles. The predicted molar refractivity (Wildman–Crippen MR) is 63.0 cm³/mol. The van der Waals surface area contributed by atoms with Crippen molar-refractivity contribution >= 4 is 0 Å². The van der Waals surface area contributed by atoms with Crippen molar-refractivity contribution in [2.75, 3.05) is 0 Å². The first-order chi connectivity index (χ1) is 7.33. The Hall–Kier alpha value is -0.980. The molecule has 1 heteroatoms. The molecule has 0 amide bonds. The molecule has 0 saturated carbocycles. The summed E-state index contributed by atoms with van der Waals surface area (Å²) in [6, 6.07) is 7.22. The number of rotatable bonds is 7. The van der Waals surface area contributed by atoms with Crippen molar-refractivity contribution in [1.82, 2.24) is 0 Å². The second kappa shape index (κ2) is 7.33. The van der Waals surface area contributed by atoms with Crippen LogP contribution in [0.3, 0.4) is 0 Å². The first kappa shape index (κ1) is 12.1. The summed E-state index contributed by atoms with van der Waals surface area (Å²) in [5, 5.41) is 10.9. The standard InChI is InChI=1S/C14H22O/c1-2-3-4-5-6-7-8-13-9-11-14(15)12-10-13/h9-12,15H,2-8H2,1H3/p-1. The lowest BCUT2D eigenvalue weighted by atomic mass is 10.1. The van der Waals surface area contributed by atoms with E-state index in [1.54, 1.807) is 12.1 Å². The van der Waals surface area contributed by atoms with Crippen LogP contribution in [0.15, 0.2) is 24.3 Å². The third kappa shape index (κ3) is 5.46. The predicted octanol–water partition coefficient (Wildman–Crippen LogP) is 3.66. The van der Waals surface area contributed by atoms with Crippen molar-refractivity contribution in [1.29, 1.82) is 0 Å². The smallest absolute Gasteiger partial charge is 0.0279 e. The molecule has 15 heavy (non-hydrogen) atoms. The Kier molecular flexibility index (Phi) is 5.91. The Morgan fingerprint density at radius 3 is 2.13 bits per heavy atom. The Labute approximate surface area is 93.1 Å². The molecule has 0 heterocycles. The second-order valence-corrected chi connectivity index (χ2v) is 4.16. The first-order valence-electron chi connectivity index (χ1n) is 6.09. The van der Waals surface area contributed by atoms with Crippen molar-refractivity contribution in [3.05, 3.63) is 29.8 Å². The summed E-state index contributed by atoms with van der Waals surface area (Å²) in [5.74, 6) is 0.113. The average molecular weight is 205 g/mol. The van der Waals surface area contributed by atoms with Crippen LogP contribution in [0.25, 0.3) is 0 Å². The van der Waals surface area contributed by atoms with Gasteiger partial charge in [0, 0.05) is 0 Å². The zero-order valence-corrected chi connectivity index (χ0v) is 9.67. The highest BCUT2D eigenvalue weighted by atomic mass is 16.3. The zero-order chi connectivity index (χ0) is 10.9. The van der Waals surface area contributed by atoms with Crippen LogP contribution in [0.5, 0.6) is 5.75 Å². The van der Waals surface area contributed by atoms with Crippen molar-refractivity contribution in [3.63, 3.8) is 0 Å². The maximum Gasteiger partial charge on any atom is -0.0279 e. The van der Waals surface area contributed by atoms with Gasteiger partial charge in [-0.2, -0.15) is 0 Å². The molecule has 0 radical (unpaired) electrons. The molecule has 0 aliphatic heterocycles. The second-order valence-electron chi connectivity index (χ2n) is 4.16. The van der Waals surface area contributed by atoms with E-state index in [1.165, 1.54) is 44.1 Å². The molecule has 0 N–H and O–H groups in total. The SMILES string of the molecule is CCCCCCCCc1ccc([O-])cc1. The highest BCUT2D eigenvalue weighted by molar-refractivity contribution is 5.24. The lowest BCUT2D eigenvalue weighted by Gasteiger charge is -2.06. The van der Waals surface area contributed by atoms with E-state index in [9.17, 15) is 5.11 Å². The Morgan fingerprint density at radius 1 is 0.867 bits per heavy atom. The summed E-state index contributed by atoms with van der Waals surface area (Å²) in [7, 11) is 0. The minimum absolute atomic E-state index is 0.113. The molecule has 0 aromatic heterocycles. The van der Waals surface area contributed by atoms with Gasteiger partial charge in [-0.25, -0.2) is 0 Å². The van der Waals surface area contributed by atoms with Gasteiger partial charge in [-0.15, -0.1) is 5.75 Å². The molecule has 84 valence electrons. The average Bonchev–Trinajstić information content (AvgIpc) is 2.26. The number of hydrogen-bond acceptors (Lipinski definition) is 1. The summed E-state index contributed by atoms with van der Waals surface area (Å²) in [6.07, 6.45) is 9.09. The number of unbranched alkanes of at least 4 members (excludes halogenated alkanes) is 5. The van der Waals surface area contributed by atoms with Gasteiger partial charge in [0.25, 0.3) is 0 Å². The topological polar surface area (TPSA) is 23.1 Å². The molecular formula is C14H21O-. The normalized spacial score (nSPS) is 10.5. The van der Waals surface area contributed by atoms with E-state index >= 15 is 0 Å². The quantitative estimate of drug-likeness (QED) is 0.623. The van der Waals surface area contributed by atoms with Gasteiger partial charge in [0.1, 0.15) is 0 Å². The van der Waals surface area contributed by atoms with Crippen LogP contribution < -0.4 is 5.11 Å². The molecule has 0 aliphatic carbocycles. The summed E-state index contributed by atoms with van der Waals surface area (Å²) >= 11 is 0. The molecule has 0 aliphatic rings. The van der Waals surface area contributed by atoms with Crippen LogP contribution in [0.2, 0.25) is 0 Å². The summed E-state index contributed by atoms with van der Waals surface area (Å²) in [4.78, 5) is 0. The maximum absolute atomic E-state index is 10.9. The summed E-state index contributed by atoms with van der Waals surface area (Å²) < 4.78 is 0. The molecule has 0 spiro atoms. The van der Waals surface area contributed by atoms with Crippen LogP contribution in [0.4, 0.5) is 0 Å². The van der Waals surface area contributed by atoms with E-state index in [1.807, 2.05) is 12.1 Å². The molecule has 0 saturated heterocycles. The van der Waals surface area contributed by atoms with Crippen LogP contribution >= 0.6 is 0 Å². The van der Waals surface area contributed by atoms with E-state index < -0.39 is 0 Å². The fourth-order valence-electron chi connectivity index (χ4n) is 1.77. The number of aryl methyl sites for hydroxylation is 1. The zero-order valence-electron chi connectivity index (χ0n) is 9.67. The van der Waals surface area contributed by atoms with Gasteiger partial charge in [-0.1, -0.05) is 63.3 Å². The largest absolute Gasteiger partial charge is 0.872 e. The summed E-state index contributed by atoms with van der Waals surface area (Å²) in [5.41, 5.74) is 1.30. The molecule has 1 rings (SSSR count). The monoisotopic (exact) mass is 205 g/mol. The third-order valence-corrected chi connectivity index (χ3v) is 2.74. The Morgan fingerprint density at radius 2 is 1.47 bits per heavy atom. The fraction of sp³-hybridized carbons (Fsp3) is 0.571. The first-order valence-corrected chi connectivity index (χ1v) is 6.09. The highest BCUT2D eigenvalue weighted by Crippen LogP contribution is 2.12. The van der Waals surface area contributed by atoms with E-state index in [2.05, 4.69) is 6.92 Å². The highest BCUT2D eigenvalue weighted by Gasteiger charge is 1.92. The lowest BCUT2D eigenvalue weighted by Crippen LogP contribution is -1.90. The van der Waals surface area contributed by atoms with E-state index in [-0.39, 0.29) is 5.75 Å². The summed E-state index contributed by atoms with van der Waals surface area (Å²) in [6.45, 7) is 2.24. The molecule has 0 fully saturated rings. The van der Waals surface area contributed by atoms with Crippen LogP contribution in [0.1, 0.15) is 51.0 Å². The Bertz CT molecular complexity index is 251. The molecular weight excluding hydrogens is 184 g/mol. The Balaban J connectivity index is 2.07. The van der Waals surface area contributed by atoms with Crippen molar-refractivity contribution < 1.29 is 5.11 Å². The minimum atomic E-state index is 0.113. The van der Waals surface area contributed by atoms with Gasteiger partial charge in [-0.05, 0) is 18.4 Å². The van der Waals surface area contributed by atoms with Crippen molar-refractivity contribution in [3.8, 4) is 5.75 Å². The van der Waals surface area contributed by atoms with Crippen molar-refractivity contribution in [2.45, 2.75) is 51.9 Å². The van der Waals surface area contributed by atoms with Gasteiger partial charge in [0.15, 0.2) is 0 Å². The lowest BCUT2D eigenvalue weighted by molar-refractivity contribution is -0.268. The van der Waals surface area contributed by atoms with Crippen LogP contribution in [-0.4, -0.2) is 0 Å². The number of benzene rings is 1. The van der Waals surface area contributed by atoms with E-state index in [0.29, 0.717) is 0 Å². The third-order valence-electron chi connectivity index (χ3n) is 2.74. The van der Waals surface area contributed by atoms with Crippen LogP contribution in [-0.2, 0) is 6.42 Å². The maximum atomic E-state index is 10.9. The fourth-order valence-corrected chi connectivity index (χ4v) is 1.77. The minimum Gasteiger partial charge on any atom is -0.872 e. The molecule has 0 bridgehead atoms. The van der Waals surface area contributed by atoms with E-state index in [0.717, 1.165) is 6.42 Å². The number of hydrogen-bond donors (Lipinski definition) is 0. The van der Waals surface area contributed by atoms with Gasteiger partial charge < -0.3 is 5.11 Å². The van der Waals surface area contributed by atoms with E-state index in [4.69, 9.17) is 0 Å². The molecule has 1 nitrogen and oxygen atoms in total. The molecule has 0 unspecified atom stereocenters. The van der Waals surface area contributed by atoms with Gasteiger partial charge >= 0.3 is 0 Å². The van der Waals surface area contributed by atoms with Crippen LogP contribution in [0, 0.1) is 0 Å². The van der Waals surface area contributed by atoms with Crippen molar-refractivity contribution in [2.24, 2.45) is 0 Å². The van der Waals surface area contributed by atoms with Gasteiger partial charge in [0.05, 0.1) is 0 Å². The molecule has 0 atom stereocenters. The van der Waals surface area contributed by atoms with Gasteiger partial charge in [-0.3, -0.25) is 0 Å². The molecule has 1 aromatic rings. The van der Waals surface area contributed by atoms with Gasteiger partial charge in [0.2, 0.25) is 0 Å².